The molecule has 0 saturated carbocycles. The molecule has 0 bridgehead atoms. The monoisotopic (exact) mass is 695 g/mol. The smallest absolute Gasteiger partial charge is 0.0618 e. The maximum absolute atomic E-state index is 2.44. The Labute approximate surface area is 315 Å². The minimum absolute atomic E-state index is 1.11. The van der Waals surface area contributed by atoms with E-state index in [1.54, 1.807) is 0 Å². The Bertz CT molecular complexity index is 2650. The van der Waals surface area contributed by atoms with E-state index in [-0.39, 0.29) is 0 Å². The Balaban J connectivity index is 1.20. The standard InChI is InChI=1S/C51H37NS/c1-36-23-29-42(30-24-36)52(43-31-27-38(28-32-43)26-25-37-13-4-2-5-14-37)51-46-21-10-8-19-44(46)50(45-20-9-11-22-47(45)51)41-18-12-17-40(35-41)49-34-33-48(53-49)39-15-6-3-7-16-39/h2-35H,1H3. The van der Waals surface area contributed by atoms with Crippen LogP contribution in [0.4, 0.5) is 17.1 Å². The minimum Gasteiger partial charge on any atom is -0.309 e. The van der Waals surface area contributed by atoms with Gasteiger partial charge >= 0.3 is 0 Å². The summed E-state index contributed by atoms with van der Waals surface area (Å²) in [4.78, 5) is 4.98. The lowest BCUT2D eigenvalue weighted by atomic mass is 9.89. The van der Waals surface area contributed by atoms with Gasteiger partial charge in [-0.25, -0.2) is 0 Å². The number of aryl methyl sites for hydroxylation is 1. The fraction of sp³-hybridized carbons (Fsp3) is 0.0196. The lowest BCUT2D eigenvalue weighted by Crippen LogP contribution is -2.11. The number of nitrogens with zero attached hydrogens (tertiary/aromatic N) is 1. The van der Waals surface area contributed by atoms with Gasteiger partial charge in [0.05, 0.1) is 5.69 Å². The molecule has 0 aliphatic carbocycles. The average Bonchev–Trinajstić information content (AvgIpc) is 3.73. The summed E-state index contributed by atoms with van der Waals surface area (Å²) >= 11 is 1.84. The average molecular weight is 696 g/mol. The first-order valence-electron chi connectivity index (χ1n) is 18.1. The summed E-state index contributed by atoms with van der Waals surface area (Å²) in [6, 6.07) is 70.3. The van der Waals surface area contributed by atoms with Gasteiger partial charge in [-0.15, -0.1) is 11.3 Å². The van der Waals surface area contributed by atoms with Crippen LogP contribution in [0.1, 0.15) is 16.7 Å². The second-order valence-electron chi connectivity index (χ2n) is 13.4. The van der Waals surface area contributed by atoms with Crippen LogP contribution in [0.5, 0.6) is 0 Å². The molecule has 0 aliphatic rings. The molecule has 252 valence electrons. The van der Waals surface area contributed by atoms with Crippen molar-refractivity contribution in [1.82, 2.24) is 0 Å². The number of rotatable bonds is 8. The maximum Gasteiger partial charge on any atom is 0.0618 e. The Kier molecular flexibility index (Phi) is 8.73. The van der Waals surface area contributed by atoms with Gasteiger partial charge in [0, 0.05) is 31.9 Å². The van der Waals surface area contributed by atoms with Gasteiger partial charge < -0.3 is 4.90 Å². The Morgan fingerprint density at radius 3 is 1.49 bits per heavy atom. The fourth-order valence-corrected chi connectivity index (χ4v) is 8.34. The van der Waals surface area contributed by atoms with E-state index >= 15 is 0 Å². The van der Waals surface area contributed by atoms with Gasteiger partial charge in [0.1, 0.15) is 0 Å². The van der Waals surface area contributed by atoms with Crippen molar-refractivity contribution >= 4 is 62.1 Å². The van der Waals surface area contributed by atoms with E-state index < -0.39 is 0 Å². The van der Waals surface area contributed by atoms with Crippen LogP contribution in [0.2, 0.25) is 0 Å². The third-order valence-corrected chi connectivity index (χ3v) is 11.1. The molecule has 2 heteroatoms. The van der Waals surface area contributed by atoms with Gasteiger partial charge in [-0.05, 0) is 93.5 Å². The molecule has 1 nitrogen and oxygen atoms in total. The van der Waals surface area contributed by atoms with Crippen molar-refractivity contribution in [2.24, 2.45) is 0 Å². The molecule has 0 amide bonds. The van der Waals surface area contributed by atoms with Crippen molar-refractivity contribution in [3.63, 3.8) is 0 Å². The molecule has 0 saturated heterocycles. The topological polar surface area (TPSA) is 3.24 Å². The van der Waals surface area contributed by atoms with Crippen LogP contribution in [-0.4, -0.2) is 0 Å². The summed E-state index contributed by atoms with van der Waals surface area (Å²) in [5.41, 5.74) is 12.0. The molecule has 1 heterocycles. The number of hydrogen-bond donors (Lipinski definition) is 0. The molecule has 0 unspecified atom stereocenters. The first-order chi connectivity index (χ1) is 26.2. The van der Waals surface area contributed by atoms with Crippen molar-refractivity contribution in [2.45, 2.75) is 6.92 Å². The SMILES string of the molecule is Cc1ccc(N(c2ccc(C=Cc3ccccc3)cc2)c2c3ccccc3c(-c3cccc(-c4ccc(-c5ccccc5)s4)c3)c3ccccc23)cc1. The Morgan fingerprint density at radius 1 is 0.396 bits per heavy atom. The van der Waals surface area contributed by atoms with Gasteiger partial charge in [0.2, 0.25) is 0 Å². The summed E-state index contributed by atoms with van der Waals surface area (Å²) < 4.78 is 0. The number of benzene rings is 8. The Morgan fingerprint density at radius 2 is 0.868 bits per heavy atom. The molecule has 0 fully saturated rings. The van der Waals surface area contributed by atoms with Crippen LogP contribution in [0, 0.1) is 6.92 Å². The highest BCUT2D eigenvalue weighted by Crippen LogP contribution is 2.48. The van der Waals surface area contributed by atoms with E-state index in [9.17, 15) is 0 Å². The van der Waals surface area contributed by atoms with Crippen molar-refractivity contribution < 1.29 is 0 Å². The summed E-state index contributed by atoms with van der Waals surface area (Å²) in [5.74, 6) is 0. The van der Waals surface area contributed by atoms with Crippen LogP contribution in [0.15, 0.2) is 194 Å². The molecule has 9 rings (SSSR count). The molecule has 0 radical (unpaired) electrons. The number of fused-ring (bicyclic) bond motifs is 2. The molecule has 0 spiro atoms. The van der Waals surface area contributed by atoms with E-state index in [1.807, 2.05) is 11.3 Å². The zero-order chi connectivity index (χ0) is 35.6. The zero-order valence-corrected chi connectivity index (χ0v) is 30.3. The lowest BCUT2D eigenvalue weighted by molar-refractivity contribution is 1.30. The number of hydrogen-bond acceptors (Lipinski definition) is 2. The van der Waals surface area contributed by atoms with Crippen LogP contribution in [0.25, 0.3) is 65.7 Å². The van der Waals surface area contributed by atoms with Crippen molar-refractivity contribution in [3.05, 3.63) is 211 Å². The molecule has 8 aromatic carbocycles. The van der Waals surface area contributed by atoms with Gasteiger partial charge in [-0.1, -0.05) is 169 Å². The Hall–Kier alpha value is -6.48. The molecule has 53 heavy (non-hydrogen) atoms. The van der Waals surface area contributed by atoms with Crippen LogP contribution in [0.3, 0.4) is 0 Å². The number of thiophene rings is 1. The predicted octanol–water partition coefficient (Wildman–Crippen LogP) is 15.0. The molecular formula is C51H37NS. The first-order valence-corrected chi connectivity index (χ1v) is 18.9. The van der Waals surface area contributed by atoms with Crippen molar-refractivity contribution in [1.29, 1.82) is 0 Å². The molecule has 0 N–H and O–H groups in total. The second-order valence-corrected chi connectivity index (χ2v) is 14.5. The normalized spacial score (nSPS) is 11.4. The molecule has 0 atom stereocenters. The van der Waals surface area contributed by atoms with Gasteiger partial charge in [0.15, 0.2) is 0 Å². The van der Waals surface area contributed by atoms with E-state index in [0.29, 0.717) is 0 Å². The first kappa shape index (κ1) is 32.4. The highest BCUT2D eigenvalue weighted by atomic mass is 32.1. The van der Waals surface area contributed by atoms with Crippen LogP contribution < -0.4 is 4.90 Å². The van der Waals surface area contributed by atoms with E-state index in [2.05, 4.69) is 218 Å². The summed E-state index contributed by atoms with van der Waals surface area (Å²) in [5, 5.41) is 4.88. The molecule has 0 aliphatic heterocycles. The highest BCUT2D eigenvalue weighted by molar-refractivity contribution is 7.18. The molecule has 9 aromatic rings. The van der Waals surface area contributed by atoms with Crippen molar-refractivity contribution in [2.75, 3.05) is 4.90 Å². The fourth-order valence-electron chi connectivity index (χ4n) is 7.33. The molecule has 1 aromatic heterocycles. The van der Waals surface area contributed by atoms with Crippen LogP contribution >= 0.6 is 11.3 Å². The zero-order valence-electron chi connectivity index (χ0n) is 29.5. The highest BCUT2D eigenvalue weighted by Gasteiger charge is 2.22. The van der Waals surface area contributed by atoms with Crippen molar-refractivity contribution in [3.8, 4) is 32.0 Å². The van der Waals surface area contributed by atoms with E-state index in [4.69, 9.17) is 0 Å². The van der Waals surface area contributed by atoms with Gasteiger partial charge in [0.25, 0.3) is 0 Å². The van der Waals surface area contributed by atoms with E-state index in [1.165, 1.54) is 70.4 Å². The maximum atomic E-state index is 2.44. The second kappa shape index (κ2) is 14.3. The lowest BCUT2D eigenvalue weighted by Gasteiger charge is -2.29. The predicted molar refractivity (Wildman–Crippen MR) is 230 cm³/mol. The van der Waals surface area contributed by atoms with Gasteiger partial charge in [-0.2, -0.15) is 0 Å². The quantitative estimate of drug-likeness (QED) is 0.113. The summed E-state index contributed by atoms with van der Waals surface area (Å²) in [6.45, 7) is 2.15. The number of anilines is 3. The van der Waals surface area contributed by atoms with E-state index in [0.717, 1.165) is 16.9 Å². The third kappa shape index (κ3) is 6.46. The third-order valence-electron chi connectivity index (χ3n) is 9.94. The minimum atomic E-state index is 1.11. The van der Waals surface area contributed by atoms with Gasteiger partial charge in [-0.3, -0.25) is 0 Å². The van der Waals surface area contributed by atoms with Crippen LogP contribution in [-0.2, 0) is 0 Å². The summed E-state index contributed by atoms with van der Waals surface area (Å²) in [7, 11) is 0. The molecular weight excluding hydrogens is 659 g/mol. The largest absolute Gasteiger partial charge is 0.309 e. The summed E-state index contributed by atoms with van der Waals surface area (Å²) in [6.07, 6.45) is 4.35.